The molecule has 1 unspecified atom stereocenters. The lowest BCUT2D eigenvalue weighted by Gasteiger charge is -2.20. The van der Waals surface area contributed by atoms with Crippen LogP contribution in [0.1, 0.15) is 43.0 Å². The van der Waals surface area contributed by atoms with Gasteiger partial charge in [-0.15, -0.1) is 0 Å². The highest BCUT2D eigenvalue weighted by Crippen LogP contribution is 2.17. The SMILES string of the molecule is CCCN1CCC(NC(=O)c2cccc3cn[nH]c23)CCC1=O. The van der Waals surface area contributed by atoms with Gasteiger partial charge in [-0.1, -0.05) is 19.1 Å². The first-order valence-corrected chi connectivity index (χ1v) is 8.19. The molecule has 0 radical (unpaired) electrons. The van der Waals surface area contributed by atoms with Gasteiger partial charge in [0.1, 0.15) is 0 Å². The maximum absolute atomic E-state index is 12.6. The number of likely N-dealkylation sites (tertiary alicyclic amines) is 1. The Morgan fingerprint density at radius 2 is 2.30 bits per heavy atom. The molecule has 0 spiro atoms. The molecule has 0 aliphatic carbocycles. The monoisotopic (exact) mass is 314 g/mol. The van der Waals surface area contributed by atoms with Gasteiger partial charge in [-0.05, 0) is 25.3 Å². The van der Waals surface area contributed by atoms with Crippen LogP contribution in [0.5, 0.6) is 0 Å². The van der Waals surface area contributed by atoms with E-state index in [1.165, 1.54) is 0 Å². The fraction of sp³-hybridized carbons (Fsp3) is 0.471. The number of fused-ring (bicyclic) bond motifs is 1. The molecular weight excluding hydrogens is 292 g/mol. The Balaban J connectivity index is 1.68. The van der Waals surface area contributed by atoms with Crippen LogP contribution in [0.4, 0.5) is 0 Å². The van der Waals surface area contributed by atoms with Gasteiger partial charge in [-0.25, -0.2) is 0 Å². The Morgan fingerprint density at radius 3 is 3.13 bits per heavy atom. The topological polar surface area (TPSA) is 78.1 Å². The van der Waals surface area contributed by atoms with Crippen LogP contribution in [0.25, 0.3) is 10.9 Å². The second kappa shape index (κ2) is 6.81. The van der Waals surface area contributed by atoms with Crippen molar-refractivity contribution >= 4 is 22.7 Å². The molecule has 1 aromatic heterocycles. The van der Waals surface area contributed by atoms with Gasteiger partial charge in [0.25, 0.3) is 5.91 Å². The molecule has 23 heavy (non-hydrogen) atoms. The number of aromatic amines is 1. The number of hydrogen-bond acceptors (Lipinski definition) is 3. The van der Waals surface area contributed by atoms with Gasteiger partial charge >= 0.3 is 0 Å². The van der Waals surface area contributed by atoms with Crippen molar-refractivity contribution in [3.05, 3.63) is 30.0 Å². The fourth-order valence-electron chi connectivity index (χ4n) is 3.11. The number of hydrogen-bond donors (Lipinski definition) is 2. The molecule has 1 aromatic carbocycles. The van der Waals surface area contributed by atoms with Crippen LogP contribution in [0.15, 0.2) is 24.4 Å². The van der Waals surface area contributed by atoms with E-state index in [0.717, 1.165) is 30.3 Å². The summed E-state index contributed by atoms with van der Waals surface area (Å²) in [5.74, 6) is 0.0838. The number of aromatic nitrogens is 2. The molecule has 2 aromatic rings. The van der Waals surface area contributed by atoms with Crippen LogP contribution in [-0.4, -0.2) is 46.0 Å². The van der Waals surface area contributed by atoms with Crippen molar-refractivity contribution in [2.24, 2.45) is 0 Å². The highest BCUT2D eigenvalue weighted by Gasteiger charge is 2.23. The summed E-state index contributed by atoms with van der Waals surface area (Å²) in [6.07, 6.45) is 4.67. The number of carbonyl (C=O) groups is 2. The van der Waals surface area contributed by atoms with E-state index >= 15 is 0 Å². The highest BCUT2D eigenvalue weighted by molar-refractivity contribution is 6.05. The predicted octanol–water partition coefficient (Wildman–Crippen LogP) is 2.08. The number of rotatable bonds is 4. The van der Waals surface area contributed by atoms with E-state index in [-0.39, 0.29) is 17.9 Å². The minimum absolute atomic E-state index is 0.0338. The standard InChI is InChI=1S/C17H22N4O2/c1-2-9-21-10-8-13(6-7-15(21)22)19-17(23)14-5-3-4-12-11-18-20-16(12)14/h3-5,11,13H,2,6-10H2,1H3,(H,18,20)(H,19,23). The summed E-state index contributed by atoms with van der Waals surface area (Å²) in [4.78, 5) is 26.5. The lowest BCUT2D eigenvalue weighted by molar-refractivity contribution is -0.130. The van der Waals surface area contributed by atoms with Crippen molar-refractivity contribution in [1.82, 2.24) is 20.4 Å². The van der Waals surface area contributed by atoms with E-state index in [1.807, 2.05) is 17.0 Å². The molecule has 1 fully saturated rings. The molecule has 122 valence electrons. The summed E-state index contributed by atoms with van der Waals surface area (Å²) in [7, 11) is 0. The zero-order chi connectivity index (χ0) is 16.2. The number of benzene rings is 1. The Kier molecular flexibility index (Phi) is 4.60. The first-order chi connectivity index (χ1) is 11.2. The highest BCUT2D eigenvalue weighted by atomic mass is 16.2. The number of nitrogens with zero attached hydrogens (tertiary/aromatic N) is 2. The zero-order valence-corrected chi connectivity index (χ0v) is 13.3. The van der Waals surface area contributed by atoms with Crippen LogP contribution in [-0.2, 0) is 4.79 Å². The average Bonchev–Trinajstić information content (AvgIpc) is 2.97. The minimum Gasteiger partial charge on any atom is -0.349 e. The lowest BCUT2D eigenvalue weighted by atomic mass is 10.1. The summed E-state index contributed by atoms with van der Waals surface area (Å²) in [6, 6.07) is 5.60. The van der Waals surface area contributed by atoms with Crippen molar-refractivity contribution < 1.29 is 9.59 Å². The van der Waals surface area contributed by atoms with Gasteiger partial charge in [0.2, 0.25) is 5.91 Å². The van der Waals surface area contributed by atoms with Gasteiger partial charge in [-0.2, -0.15) is 5.10 Å². The molecule has 6 heteroatoms. The van der Waals surface area contributed by atoms with E-state index < -0.39 is 0 Å². The number of carbonyl (C=O) groups excluding carboxylic acids is 2. The van der Waals surface area contributed by atoms with Crippen molar-refractivity contribution in [3.8, 4) is 0 Å². The van der Waals surface area contributed by atoms with Gasteiger partial charge in [0.15, 0.2) is 0 Å². The molecule has 2 amide bonds. The lowest BCUT2D eigenvalue weighted by Crippen LogP contribution is -2.36. The largest absolute Gasteiger partial charge is 0.349 e. The van der Waals surface area contributed by atoms with Gasteiger partial charge < -0.3 is 10.2 Å². The van der Waals surface area contributed by atoms with Gasteiger partial charge in [0.05, 0.1) is 17.3 Å². The quantitative estimate of drug-likeness (QED) is 0.907. The van der Waals surface area contributed by atoms with Gasteiger partial charge in [0, 0.05) is 30.9 Å². The van der Waals surface area contributed by atoms with Crippen LogP contribution in [0.3, 0.4) is 0 Å². The average molecular weight is 314 g/mol. The van der Waals surface area contributed by atoms with Gasteiger partial charge in [-0.3, -0.25) is 14.7 Å². The van der Waals surface area contributed by atoms with Crippen molar-refractivity contribution in [2.45, 2.75) is 38.6 Å². The third-order valence-corrected chi connectivity index (χ3v) is 4.36. The van der Waals surface area contributed by atoms with Crippen LogP contribution in [0.2, 0.25) is 0 Å². The smallest absolute Gasteiger partial charge is 0.253 e. The third-order valence-electron chi connectivity index (χ3n) is 4.36. The zero-order valence-electron chi connectivity index (χ0n) is 13.3. The van der Waals surface area contributed by atoms with Crippen molar-refractivity contribution in [2.75, 3.05) is 13.1 Å². The predicted molar refractivity (Wildman–Crippen MR) is 88.1 cm³/mol. The number of H-pyrrole nitrogens is 1. The van der Waals surface area contributed by atoms with Crippen molar-refractivity contribution in [3.63, 3.8) is 0 Å². The first kappa shape index (κ1) is 15.5. The molecule has 6 nitrogen and oxygen atoms in total. The summed E-state index contributed by atoms with van der Waals surface area (Å²) in [6.45, 7) is 3.58. The molecule has 1 aliphatic rings. The molecule has 1 aliphatic heterocycles. The van der Waals surface area contributed by atoms with E-state index in [4.69, 9.17) is 0 Å². The van der Waals surface area contributed by atoms with E-state index in [0.29, 0.717) is 24.9 Å². The molecule has 1 saturated heterocycles. The maximum atomic E-state index is 12.6. The fourth-order valence-corrected chi connectivity index (χ4v) is 3.11. The van der Waals surface area contributed by atoms with Crippen LogP contribution < -0.4 is 5.32 Å². The second-order valence-electron chi connectivity index (χ2n) is 6.02. The molecule has 1 atom stereocenters. The number of nitrogens with one attached hydrogen (secondary N) is 2. The second-order valence-corrected chi connectivity index (χ2v) is 6.02. The Morgan fingerprint density at radius 1 is 1.43 bits per heavy atom. The Hall–Kier alpha value is -2.37. The van der Waals surface area contributed by atoms with Crippen LogP contribution >= 0.6 is 0 Å². The van der Waals surface area contributed by atoms with E-state index in [2.05, 4.69) is 22.4 Å². The van der Waals surface area contributed by atoms with Crippen LogP contribution in [0, 0.1) is 0 Å². The number of amides is 2. The van der Waals surface area contributed by atoms with Crippen molar-refractivity contribution in [1.29, 1.82) is 0 Å². The van der Waals surface area contributed by atoms with E-state index in [9.17, 15) is 9.59 Å². The molecule has 2 heterocycles. The molecule has 0 saturated carbocycles. The molecular formula is C17H22N4O2. The maximum Gasteiger partial charge on any atom is 0.253 e. The summed E-state index contributed by atoms with van der Waals surface area (Å²) in [5, 5.41) is 10.9. The third kappa shape index (κ3) is 3.36. The summed E-state index contributed by atoms with van der Waals surface area (Å²) < 4.78 is 0. The Labute approximate surface area is 135 Å². The Bertz CT molecular complexity index is 709. The molecule has 3 rings (SSSR count). The normalized spacial score (nSPS) is 18.9. The molecule has 2 N–H and O–H groups in total. The summed E-state index contributed by atoms with van der Waals surface area (Å²) >= 11 is 0. The van der Waals surface area contributed by atoms with E-state index in [1.54, 1.807) is 12.3 Å². The minimum atomic E-state index is -0.110. The molecule has 0 bridgehead atoms. The first-order valence-electron chi connectivity index (χ1n) is 8.19. The summed E-state index contributed by atoms with van der Waals surface area (Å²) in [5.41, 5.74) is 1.35. The number of para-hydroxylation sites is 1.